The lowest BCUT2D eigenvalue weighted by Crippen LogP contribution is -2.35. The molecule has 0 spiro atoms. The van der Waals surface area contributed by atoms with Crippen molar-refractivity contribution in [3.05, 3.63) is 0 Å². The fraction of sp³-hybridized carbons (Fsp3) is 0.857. The van der Waals surface area contributed by atoms with E-state index in [1.54, 1.807) is 6.92 Å². The molecule has 3 nitrogen and oxygen atoms in total. The van der Waals surface area contributed by atoms with Gasteiger partial charge in [-0.3, -0.25) is 9.69 Å². The zero-order chi connectivity index (χ0) is 9.35. The van der Waals surface area contributed by atoms with Gasteiger partial charge in [0.2, 0.25) is 0 Å². The van der Waals surface area contributed by atoms with E-state index in [1.807, 2.05) is 0 Å². The van der Waals surface area contributed by atoms with Crippen LogP contribution in [-0.2, 0) is 4.79 Å². The highest BCUT2D eigenvalue weighted by Crippen LogP contribution is 2.31. The molecular formula is C7H11F2NO2. The third-order valence-electron chi connectivity index (χ3n) is 2.06. The number of hydrogen-bond donors (Lipinski definition) is 1. The summed E-state index contributed by atoms with van der Waals surface area (Å²) in [5, 5.41) is 8.57. The van der Waals surface area contributed by atoms with E-state index < -0.39 is 30.9 Å². The van der Waals surface area contributed by atoms with Gasteiger partial charge in [0.05, 0.1) is 6.54 Å². The molecule has 1 aliphatic rings. The summed E-state index contributed by atoms with van der Waals surface area (Å²) >= 11 is 0. The summed E-state index contributed by atoms with van der Waals surface area (Å²) < 4.78 is 25.4. The van der Waals surface area contributed by atoms with Crippen LogP contribution >= 0.6 is 0 Å². The number of alkyl halides is 2. The second kappa shape index (κ2) is 2.97. The third kappa shape index (κ3) is 1.72. The molecular weight excluding hydrogens is 168 g/mol. The molecule has 0 aromatic carbocycles. The molecule has 1 atom stereocenters. The van der Waals surface area contributed by atoms with Gasteiger partial charge in [-0.25, -0.2) is 8.78 Å². The Morgan fingerprint density at radius 2 is 2.33 bits per heavy atom. The number of carboxylic acid groups (broad SMARTS) is 1. The number of rotatable bonds is 2. The van der Waals surface area contributed by atoms with Crippen LogP contribution < -0.4 is 0 Å². The first-order valence-corrected chi connectivity index (χ1v) is 3.81. The molecule has 12 heavy (non-hydrogen) atoms. The van der Waals surface area contributed by atoms with E-state index in [1.165, 1.54) is 4.90 Å². The average Bonchev–Trinajstić information content (AvgIpc) is 2.25. The van der Waals surface area contributed by atoms with E-state index in [0.717, 1.165) is 0 Å². The Hall–Kier alpha value is -0.710. The van der Waals surface area contributed by atoms with Crippen molar-refractivity contribution in [1.29, 1.82) is 0 Å². The second-order valence-electron chi connectivity index (χ2n) is 2.98. The van der Waals surface area contributed by atoms with Crippen LogP contribution in [0, 0.1) is 0 Å². The van der Waals surface area contributed by atoms with E-state index >= 15 is 0 Å². The zero-order valence-corrected chi connectivity index (χ0v) is 6.76. The van der Waals surface area contributed by atoms with Gasteiger partial charge in [0, 0.05) is 6.42 Å². The molecule has 1 rings (SSSR count). The largest absolute Gasteiger partial charge is 0.480 e. The maximum atomic E-state index is 12.7. The van der Waals surface area contributed by atoms with Gasteiger partial charge in [-0.15, -0.1) is 0 Å². The number of likely N-dealkylation sites (N-methyl/N-ethyl adjacent to an activating group) is 1. The van der Waals surface area contributed by atoms with Crippen LogP contribution in [0.25, 0.3) is 0 Å². The van der Waals surface area contributed by atoms with Crippen LogP contribution in [0.15, 0.2) is 0 Å². The minimum Gasteiger partial charge on any atom is -0.480 e. The molecule has 1 fully saturated rings. The molecule has 1 N–H and O–H groups in total. The lowest BCUT2D eigenvalue weighted by atomic mass is 10.2. The van der Waals surface area contributed by atoms with Crippen molar-refractivity contribution in [3.63, 3.8) is 0 Å². The van der Waals surface area contributed by atoms with Crippen molar-refractivity contribution >= 4 is 5.97 Å². The van der Waals surface area contributed by atoms with Gasteiger partial charge >= 0.3 is 5.97 Å². The number of aliphatic carboxylic acids is 1. The van der Waals surface area contributed by atoms with E-state index in [9.17, 15) is 13.6 Å². The summed E-state index contributed by atoms with van der Waals surface area (Å²) in [6, 6.07) is -1.01. The quantitative estimate of drug-likeness (QED) is 0.681. The molecule has 0 amide bonds. The summed E-state index contributed by atoms with van der Waals surface area (Å²) in [5.41, 5.74) is 0. The molecule has 0 aromatic heterocycles. The topological polar surface area (TPSA) is 40.5 Å². The summed E-state index contributed by atoms with van der Waals surface area (Å²) in [5.74, 6) is -3.99. The number of carboxylic acids is 1. The minimum atomic E-state index is -2.83. The zero-order valence-electron chi connectivity index (χ0n) is 6.76. The Morgan fingerprint density at radius 1 is 1.75 bits per heavy atom. The van der Waals surface area contributed by atoms with Crippen molar-refractivity contribution in [2.75, 3.05) is 13.1 Å². The molecule has 0 aliphatic carbocycles. The van der Waals surface area contributed by atoms with E-state index in [2.05, 4.69) is 0 Å². The maximum Gasteiger partial charge on any atom is 0.321 e. The van der Waals surface area contributed by atoms with Crippen LogP contribution in [0.4, 0.5) is 8.78 Å². The summed E-state index contributed by atoms with van der Waals surface area (Å²) in [7, 11) is 0. The summed E-state index contributed by atoms with van der Waals surface area (Å²) in [6.45, 7) is 1.60. The van der Waals surface area contributed by atoms with E-state index in [4.69, 9.17) is 5.11 Å². The first kappa shape index (κ1) is 9.38. The van der Waals surface area contributed by atoms with Crippen LogP contribution in [0.2, 0.25) is 0 Å². The van der Waals surface area contributed by atoms with Gasteiger partial charge in [0.25, 0.3) is 5.92 Å². The standard InChI is InChI=1S/C7H11F2NO2/c1-2-10-4-7(8,9)3-5(10)6(11)12/h5H,2-4H2,1H3,(H,11,12). The van der Waals surface area contributed by atoms with Crippen molar-refractivity contribution in [3.8, 4) is 0 Å². The smallest absolute Gasteiger partial charge is 0.321 e. The normalized spacial score (nSPS) is 29.1. The van der Waals surface area contributed by atoms with E-state index in [-0.39, 0.29) is 0 Å². The molecule has 1 unspecified atom stereocenters. The number of carbonyl (C=O) groups is 1. The Labute approximate surface area is 69.0 Å². The van der Waals surface area contributed by atoms with Crippen LogP contribution in [0.1, 0.15) is 13.3 Å². The predicted octanol–water partition coefficient (Wildman–Crippen LogP) is 0.800. The Bertz CT molecular complexity index is 196. The van der Waals surface area contributed by atoms with Gasteiger partial charge in [-0.2, -0.15) is 0 Å². The fourth-order valence-corrected chi connectivity index (χ4v) is 1.46. The van der Waals surface area contributed by atoms with Crippen molar-refractivity contribution in [2.45, 2.75) is 25.3 Å². The third-order valence-corrected chi connectivity index (χ3v) is 2.06. The SMILES string of the molecule is CCN1CC(F)(F)CC1C(=O)O. The fourth-order valence-electron chi connectivity index (χ4n) is 1.46. The average molecular weight is 179 g/mol. The van der Waals surface area contributed by atoms with E-state index in [0.29, 0.717) is 6.54 Å². The number of likely N-dealkylation sites (tertiary alicyclic amines) is 1. The first-order valence-electron chi connectivity index (χ1n) is 3.81. The number of halogens is 2. The monoisotopic (exact) mass is 179 g/mol. The second-order valence-corrected chi connectivity index (χ2v) is 2.98. The molecule has 1 aliphatic heterocycles. The van der Waals surface area contributed by atoms with Gasteiger partial charge in [0.15, 0.2) is 0 Å². The highest BCUT2D eigenvalue weighted by Gasteiger charge is 2.47. The van der Waals surface area contributed by atoms with Gasteiger partial charge in [-0.05, 0) is 6.54 Å². The molecule has 0 radical (unpaired) electrons. The Balaban J connectivity index is 2.69. The predicted molar refractivity (Wildman–Crippen MR) is 38.2 cm³/mol. The van der Waals surface area contributed by atoms with Crippen molar-refractivity contribution < 1.29 is 18.7 Å². The first-order chi connectivity index (χ1) is 5.46. The molecule has 70 valence electrons. The molecule has 1 heterocycles. The molecule has 0 bridgehead atoms. The molecule has 5 heteroatoms. The Morgan fingerprint density at radius 3 is 2.67 bits per heavy atom. The highest BCUT2D eigenvalue weighted by atomic mass is 19.3. The number of hydrogen-bond acceptors (Lipinski definition) is 2. The lowest BCUT2D eigenvalue weighted by Gasteiger charge is -2.16. The highest BCUT2D eigenvalue weighted by molar-refractivity contribution is 5.74. The van der Waals surface area contributed by atoms with Crippen molar-refractivity contribution in [1.82, 2.24) is 4.90 Å². The summed E-state index contributed by atoms with van der Waals surface area (Å²) in [4.78, 5) is 11.8. The maximum absolute atomic E-state index is 12.7. The lowest BCUT2D eigenvalue weighted by molar-refractivity contribution is -0.142. The number of nitrogens with zero attached hydrogens (tertiary/aromatic N) is 1. The van der Waals surface area contributed by atoms with Crippen LogP contribution in [0.3, 0.4) is 0 Å². The minimum absolute atomic E-state index is 0.354. The molecule has 1 saturated heterocycles. The molecule has 0 saturated carbocycles. The van der Waals surface area contributed by atoms with Gasteiger partial charge < -0.3 is 5.11 Å². The summed E-state index contributed by atoms with van der Waals surface area (Å²) in [6.07, 6.45) is -0.559. The van der Waals surface area contributed by atoms with Gasteiger partial charge in [-0.1, -0.05) is 6.92 Å². The Kier molecular flexibility index (Phi) is 2.32. The van der Waals surface area contributed by atoms with Gasteiger partial charge in [0.1, 0.15) is 6.04 Å². The van der Waals surface area contributed by atoms with Crippen LogP contribution in [-0.4, -0.2) is 41.0 Å². The molecule has 0 aromatic rings. The van der Waals surface area contributed by atoms with Crippen LogP contribution in [0.5, 0.6) is 0 Å². The van der Waals surface area contributed by atoms with Crippen molar-refractivity contribution in [2.24, 2.45) is 0 Å².